The minimum absolute atomic E-state index is 0.0681. The van der Waals surface area contributed by atoms with E-state index in [-0.39, 0.29) is 5.91 Å². The number of nitrogens with zero attached hydrogens (tertiary/aromatic N) is 4. The minimum Gasteiger partial charge on any atom is -0.337 e. The van der Waals surface area contributed by atoms with Crippen LogP contribution in [0.25, 0.3) is 21.5 Å². The van der Waals surface area contributed by atoms with Crippen LogP contribution in [0.1, 0.15) is 33.4 Å². The third-order valence-corrected chi connectivity index (χ3v) is 6.62. The number of pyridine rings is 1. The predicted octanol–water partition coefficient (Wildman–Crippen LogP) is 5.49. The number of thiophene rings is 1. The highest BCUT2D eigenvalue weighted by atomic mass is 35.5. The average Bonchev–Trinajstić information content (AvgIpc) is 3.32. The molecule has 0 aliphatic rings. The summed E-state index contributed by atoms with van der Waals surface area (Å²) < 4.78 is 1.77. The van der Waals surface area contributed by atoms with Crippen LogP contribution in [0.2, 0.25) is 5.02 Å². The molecule has 1 amide bonds. The lowest BCUT2D eigenvalue weighted by Crippen LogP contribution is -2.26. The van der Waals surface area contributed by atoms with Gasteiger partial charge in [-0.25, -0.2) is 4.98 Å². The van der Waals surface area contributed by atoms with Crippen LogP contribution in [0.3, 0.4) is 0 Å². The number of benzene rings is 1. The second kappa shape index (κ2) is 8.20. The van der Waals surface area contributed by atoms with E-state index in [0.29, 0.717) is 17.1 Å². The molecular weight excluding hydrogens is 416 g/mol. The highest BCUT2D eigenvalue weighted by Gasteiger charge is 2.20. The monoisotopic (exact) mass is 438 g/mol. The van der Waals surface area contributed by atoms with E-state index in [0.717, 1.165) is 39.2 Å². The second-order valence-corrected chi connectivity index (χ2v) is 9.02. The Hall–Kier alpha value is -2.70. The van der Waals surface area contributed by atoms with Crippen molar-refractivity contribution in [3.8, 4) is 10.6 Å². The molecule has 30 heavy (non-hydrogen) atoms. The summed E-state index contributed by atoms with van der Waals surface area (Å²) in [5.41, 5.74) is 4.12. The largest absolute Gasteiger partial charge is 0.337 e. The molecule has 0 N–H and O–H groups in total. The number of hydrogen-bond acceptors (Lipinski definition) is 4. The fourth-order valence-electron chi connectivity index (χ4n) is 3.54. The SMILES string of the molecule is CCc1ccc(-c2cc(C(=O)N(C)Cc3cn(C)nc3C)c3cc(Cl)ccc3n2)s1. The van der Waals surface area contributed by atoms with Gasteiger partial charge < -0.3 is 4.90 Å². The molecule has 3 aromatic heterocycles. The van der Waals surface area contributed by atoms with E-state index < -0.39 is 0 Å². The Kier molecular flexibility index (Phi) is 5.62. The van der Waals surface area contributed by atoms with Crippen LogP contribution in [0.5, 0.6) is 0 Å². The molecule has 7 heteroatoms. The molecule has 0 aliphatic heterocycles. The number of fused-ring (bicyclic) bond motifs is 1. The Labute approximate surface area is 184 Å². The van der Waals surface area contributed by atoms with Gasteiger partial charge in [0.15, 0.2) is 0 Å². The maximum Gasteiger partial charge on any atom is 0.254 e. The van der Waals surface area contributed by atoms with Crippen molar-refractivity contribution in [2.24, 2.45) is 7.05 Å². The minimum atomic E-state index is -0.0681. The normalized spacial score (nSPS) is 11.2. The smallest absolute Gasteiger partial charge is 0.254 e. The van der Waals surface area contributed by atoms with Gasteiger partial charge in [0.2, 0.25) is 0 Å². The molecule has 4 aromatic rings. The van der Waals surface area contributed by atoms with Crippen LogP contribution in [-0.2, 0) is 20.0 Å². The average molecular weight is 439 g/mol. The molecule has 0 radical (unpaired) electrons. The van der Waals surface area contributed by atoms with E-state index in [9.17, 15) is 4.79 Å². The number of carbonyl (C=O) groups excluding carboxylic acids is 1. The summed E-state index contributed by atoms with van der Waals surface area (Å²) in [6, 6.07) is 11.6. The van der Waals surface area contributed by atoms with E-state index in [2.05, 4.69) is 24.2 Å². The van der Waals surface area contributed by atoms with E-state index >= 15 is 0 Å². The predicted molar refractivity (Wildman–Crippen MR) is 123 cm³/mol. The van der Waals surface area contributed by atoms with Gasteiger partial charge in [0.1, 0.15) is 0 Å². The van der Waals surface area contributed by atoms with Crippen molar-refractivity contribution in [3.05, 3.63) is 69.3 Å². The lowest BCUT2D eigenvalue weighted by Gasteiger charge is -2.18. The fourth-order valence-corrected chi connectivity index (χ4v) is 4.62. The first-order chi connectivity index (χ1) is 14.4. The van der Waals surface area contributed by atoms with Crippen LogP contribution in [0.4, 0.5) is 0 Å². The molecule has 0 saturated carbocycles. The molecule has 4 rings (SSSR count). The number of aryl methyl sites for hydroxylation is 3. The van der Waals surface area contributed by atoms with Gasteiger partial charge in [-0.15, -0.1) is 11.3 Å². The number of hydrogen-bond donors (Lipinski definition) is 0. The molecule has 0 bridgehead atoms. The molecule has 154 valence electrons. The van der Waals surface area contributed by atoms with Gasteiger partial charge >= 0.3 is 0 Å². The van der Waals surface area contributed by atoms with Crippen LogP contribution in [-0.4, -0.2) is 32.6 Å². The van der Waals surface area contributed by atoms with Gasteiger partial charge in [-0.05, 0) is 49.7 Å². The topological polar surface area (TPSA) is 51.0 Å². The van der Waals surface area contributed by atoms with Crippen LogP contribution >= 0.6 is 22.9 Å². The Morgan fingerprint density at radius 3 is 2.70 bits per heavy atom. The van der Waals surface area contributed by atoms with Crippen molar-refractivity contribution in [1.29, 1.82) is 0 Å². The number of aromatic nitrogens is 3. The highest BCUT2D eigenvalue weighted by Crippen LogP contribution is 2.32. The Balaban J connectivity index is 1.78. The summed E-state index contributed by atoms with van der Waals surface area (Å²) in [6.45, 7) is 4.57. The molecule has 0 fully saturated rings. The summed E-state index contributed by atoms with van der Waals surface area (Å²) in [5.74, 6) is -0.0681. The van der Waals surface area contributed by atoms with Gasteiger partial charge in [-0.2, -0.15) is 5.10 Å². The molecule has 5 nitrogen and oxygen atoms in total. The number of amides is 1. The van der Waals surface area contributed by atoms with E-state index in [1.54, 1.807) is 20.9 Å². The number of carbonyl (C=O) groups is 1. The molecule has 0 atom stereocenters. The summed E-state index contributed by atoms with van der Waals surface area (Å²) in [6.07, 6.45) is 2.93. The molecular formula is C23H23ClN4OS. The quantitative estimate of drug-likeness (QED) is 0.413. The van der Waals surface area contributed by atoms with Crippen molar-refractivity contribution in [1.82, 2.24) is 19.7 Å². The lowest BCUT2D eigenvalue weighted by molar-refractivity contribution is 0.0787. The van der Waals surface area contributed by atoms with Crippen molar-refractivity contribution in [2.75, 3.05) is 7.05 Å². The molecule has 3 heterocycles. The van der Waals surface area contributed by atoms with Crippen molar-refractivity contribution >= 4 is 39.7 Å². The van der Waals surface area contributed by atoms with E-state index in [1.807, 2.05) is 51.5 Å². The summed E-state index contributed by atoms with van der Waals surface area (Å²) in [4.78, 5) is 22.3. The zero-order valence-corrected chi connectivity index (χ0v) is 19.0. The van der Waals surface area contributed by atoms with Gasteiger partial charge in [0.05, 0.1) is 27.3 Å². The Morgan fingerprint density at radius 2 is 2.03 bits per heavy atom. The number of halogens is 1. The molecule has 0 spiro atoms. The van der Waals surface area contributed by atoms with Crippen LogP contribution < -0.4 is 0 Å². The Bertz CT molecular complexity index is 1240. The molecule has 0 unspecified atom stereocenters. The van der Waals surface area contributed by atoms with Gasteiger partial charge in [-0.1, -0.05) is 18.5 Å². The fraction of sp³-hybridized carbons (Fsp3) is 0.261. The standard InChI is InChI=1S/C23H23ClN4OS/c1-5-17-7-9-22(30-17)21-11-19(18-10-16(24)6-8-20(18)25-21)23(29)27(3)12-15-13-28(4)26-14(15)2/h6-11,13H,5,12H2,1-4H3. The molecule has 0 aliphatic carbocycles. The van der Waals surface area contributed by atoms with E-state index in [1.165, 1.54) is 4.88 Å². The zero-order valence-electron chi connectivity index (χ0n) is 17.4. The highest BCUT2D eigenvalue weighted by molar-refractivity contribution is 7.15. The van der Waals surface area contributed by atoms with E-state index in [4.69, 9.17) is 16.6 Å². The first kappa shape index (κ1) is 20.6. The summed E-state index contributed by atoms with van der Waals surface area (Å²) >= 11 is 7.95. The maximum atomic E-state index is 13.5. The second-order valence-electron chi connectivity index (χ2n) is 7.41. The first-order valence-corrected chi connectivity index (χ1v) is 11.0. The third-order valence-electron chi connectivity index (χ3n) is 5.13. The summed E-state index contributed by atoms with van der Waals surface area (Å²) in [5, 5.41) is 5.72. The number of rotatable bonds is 5. The Morgan fingerprint density at radius 1 is 1.23 bits per heavy atom. The first-order valence-electron chi connectivity index (χ1n) is 9.79. The molecule has 1 aromatic carbocycles. The van der Waals surface area contributed by atoms with Gasteiger partial charge in [-0.3, -0.25) is 9.48 Å². The van der Waals surface area contributed by atoms with Crippen LogP contribution in [0, 0.1) is 6.92 Å². The van der Waals surface area contributed by atoms with Crippen molar-refractivity contribution in [2.45, 2.75) is 26.8 Å². The van der Waals surface area contributed by atoms with Crippen molar-refractivity contribution < 1.29 is 4.79 Å². The lowest BCUT2D eigenvalue weighted by atomic mass is 10.1. The van der Waals surface area contributed by atoms with Gasteiger partial charge in [0, 0.05) is 47.7 Å². The van der Waals surface area contributed by atoms with Gasteiger partial charge in [0.25, 0.3) is 5.91 Å². The third kappa shape index (κ3) is 3.98. The maximum absolute atomic E-state index is 13.5. The zero-order chi connectivity index (χ0) is 21.4. The van der Waals surface area contributed by atoms with Crippen LogP contribution in [0.15, 0.2) is 42.6 Å². The molecule has 0 saturated heterocycles. The van der Waals surface area contributed by atoms with Crippen molar-refractivity contribution in [3.63, 3.8) is 0 Å². The summed E-state index contributed by atoms with van der Waals surface area (Å²) in [7, 11) is 3.69.